The number of thioether (sulfide) groups is 1. The molecule has 2 rings (SSSR count). The Bertz CT molecular complexity index is 436. The summed E-state index contributed by atoms with van der Waals surface area (Å²) < 4.78 is 0. The summed E-state index contributed by atoms with van der Waals surface area (Å²) in [4.78, 5) is 2.45. The standard InChI is InChI=1S/C13H19N3OS/c1-10-8-16(5-6-18-10)9-11-3-2-4-12(7-11)13(14)15-17/h2-4,7,10,17H,5-6,8-9H2,1H3,(H2,14,15). The van der Waals surface area contributed by atoms with Crippen molar-refractivity contribution in [3.8, 4) is 0 Å². The second kappa shape index (κ2) is 6.11. The molecule has 4 nitrogen and oxygen atoms in total. The van der Waals surface area contributed by atoms with Crippen molar-refractivity contribution >= 4 is 17.6 Å². The van der Waals surface area contributed by atoms with Crippen LogP contribution >= 0.6 is 11.8 Å². The van der Waals surface area contributed by atoms with Crippen LogP contribution in [0.2, 0.25) is 0 Å². The van der Waals surface area contributed by atoms with Gasteiger partial charge in [0.25, 0.3) is 0 Å². The van der Waals surface area contributed by atoms with Gasteiger partial charge in [-0.05, 0) is 11.6 Å². The molecule has 1 fully saturated rings. The molecular weight excluding hydrogens is 246 g/mol. The summed E-state index contributed by atoms with van der Waals surface area (Å²) in [6.07, 6.45) is 0. The molecule has 1 aromatic rings. The van der Waals surface area contributed by atoms with E-state index >= 15 is 0 Å². The third-order valence-corrected chi connectivity index (χ3v) is 4.20. The summed E-state index contributed by atoms with van der Waals surface area (Å²) in [5.74, 6) is 1.36. The van der Waals surface area contributed by atoms with E-state index in [9.17, 15) is 0 Å². The number of nitrogens with zero attached hydrogens (tertiary/aromatic N) is 2. The molecule has 3 N–H and O–H groups in total. The number of oxime groups is 1. The fourth-order valence-electron chi connectivity index (χ4n) is 2.18. The summed E-state index contributed by atoms with van der Waals surface area (Å²) in [5.41, 5.74) is 7.58. The minimum Gasteiger partial charge on any atom is -0.409 e. The molecule has 0 aromatic heterocycles. The Kier molecular flexibility index (Phi) is 4.49. The maximum atomic E-state index is 8.69. The highest BCUT2D eigenvalue weighted by Gasteiger charge is 2.16. The van der Waals surface area contributed by atoms with Gasteiger partial charge in [0, 0.05) is 36.2 Å². The molecule has 0 bridgehead atoms. The molecule has 98 valence electrons. The van der Waals surface area contributed by atoms with Crippen LogP contribution in [0, 0.1) is 0 Å². The van der Waals surface area contributed by atoms with Gasteiger partial charge in [0.2, 0.25) is 0 Å². The van der Waals surface area contributed by atoms with Crippen molar-refractivity contribution < 1.29 is 5.21 Å². The Hall–Kier alpha value is -1.20. The Balaban J connectivity index is 2.05. The van der Waals surface area contributed by atoms with Crippen molar-refractivity contribution in [1.82, 2.24) is 4.90 Å². The molecule has 1 heterocycles. The van der Waals surface area contributed by atoms with Gasteiger partial charge in [0.15, 0.2) is 5.84 Å². The highest BCUT2D eigenvalue weighted by Crippen LogP contribution is 2.19. The zero-order valence-electron chi connectivity index (χ0n) is 10.5. The highest BCUT2D eigenvalue weighted by atomic mass is 32.2. The van der Waals surface area contributed by atoms with Crippen molar-refractivity contribution in [3.05, 3.63) is 35.4 Å². The average Bonchev–Trinajstić information content (AvgIpc) is 2.38. The topological polar surface area (TPSA) is 61.8 Å². The number of hydrogen-bond donors (Lipinski definition) is 2. The van der Waals surface area contributed by atoms with Gasteiger partial charge in [-0.25, -0.2) is 0 Å². The molecule has 1 aliphatic heterocycles. The quantitative estimate of drug-likeness (QED) is 0.378. The Morgan fingerprint density at radius 1 is 1.61 bits per heavy atom. The van der Waals surface area contributed by atoms with Crippen LogP contribution < -0.4 is 5.73 Å². The Labute approximate surface area is 112 Å². The smallest absolute Gasteiger partial charge is 0.170 e. The molecule has 1 atom stereocenters. The number of hydrogen-bond acceptors (Lipinski definition) is 4. The average molecular weight is 265 g/mol. The second-order valence-electron chi connectivity index (χ2n) is 4.60. The van der Waals surface area contributed by atoms with Gasteiger partial charge in [-0.1, -0.05) is 30.3 Å². The molecule has 1 saturated heterocycles. The van der Waals surface area contributed by atoms with Crippen LogP contribution in [0.5, 0.6) is 0 Å². The molecular formula is C13H19N3OS. The molecule has 1 aliphatic rings. The lowest BCUT2D eigenvalue weighted by molar-refractivity contribution is 0.278. The largest absolute Gasteiger partial charge is 0.409 e. The van der Waals surface area contributed by atoms with Crippen LogP contribution in [-0.2, 0) is 6.54 Å². The van der Waals surface area contributed by atoms with Crippen LogP contribution in [0.1, 0.15) is 18.1 Å². The fourth-order valence-corrected chi connectivity index (χ4v) is 3.26. The molecule has 0 aliphatic carbocycles. The van der Waals surface area contributed by atoms with E-state index in [2.05, 4.69) is 23.0 Å². The lowest BCUT2D eigenvalue weighted by Gasteiger charge is -2.30. The van der Waals surface area contributed by atoms with E-state index in [1.807, 2.05) is 30.0 Å². The zero-order valence-corrected chi connectivity index (χ0v) is 11.4. The molecule has 0 spiro atoms. The minimum atomic E-state index is 0.166. The number of amidine groups is 1. The van der Waals surface area contributed by atoms with Gasteiger partial charge >= 0.3 is 0 Å². The van der Waals surface area contributed by atoms with Crippen molar-refractivity contribution in [1.29, 1.82) is 0 Å². The fraction of sp³-hybridized carbons (Fsp3) is 0.462. The summed E-state index contributed by atoms with van der Waals surface area (Å²) in [7, 11) is 0. The monoisotopic (exact) mass is 265 g/mol. The van der Waals surface area contributed by atoms with E-state index in [0.717, 1.165) is 25.2 Å². The van der Waals surface area contributed by atoms with Gasteiger partial charge in [0.1, 0.15) is 0 Å². The first-order valence-corrected chi connectivity index (χ1v) is 7.14. The lowest BCUT2D eigenvalue weighted by Crippen LogP contribution is -2.36. The third-order valence-electron chi connectivity index (χ3n) is 3.06. The maximum Gasteiger partial charge on any atom is 0.170 e. The van der Waals surface area contributed by atoms with E-state index in [1.54, 1.807) is 0 Å². The van der Waals surface area contributed by atoms with Crippen LogP contribution in [0.25, 0.3) is 0 Å². The van der Waals surface area contributed by atoms with Crippen molar-refractivity contribution in [2.24, 2.45) is 10.9 Å². The summed E-state index contributed by atoms with van der Waals surface area (Å²) >= 11 is 2.03. The van der Waals surface area contributed by atoms with Gasteiger partial charge in [-0.2, -0.15) is 11.8 Å². The molecule has 5 heteroatoms. The van der Waals surface area contributed by atoms with Gasteiger partial charge < -0.3 is 10.9 Å². The van der Waals surface area contributed by atoms with Crippen LogP contribution in [0.4, 0.5) is 0 Å². The normalized spacial score (nSPS) is 22.1. The minimum absolute atomic E-state index is 0.166. The first kappa shape index (κ1) is 13.2. The predicted octanol–water partition coefficient (Wildman–Crippen LogP) is 1.72. The number of nitrogens with two attached hydrogens (primary N) is 1. The third kappa shape index (κ3) is 3.40. The SMILES string of the molecule is CC1CN(Cc2cccc(/C(N)=N/O)c2)CCS1. The lowest BCUT2D eigenvalue weighted by atomic mass is 10.1. The van der Waals surface area contributed by atoms with Crippen molar-refractivity contribution in [3.63, 3.8) is 0 Å². The van der Waals surface area contributed by atoms with Crippen LogP contribution in [0.15, 0.2) is 29.4 Å². The molecule has 0 amide bonds. The first-order valence-electron chi connectivity index (χ1n) is 6.10. The molecule has 1 aromatic carbocycles. The van der Waals surface area contributed by atoms with E-state index in [0.29, 0.717) is 5.25 Å². The van der Waals surface area contributed by atoms with Gasteiger partial charge in [-0.3, -0.25) is 4.90 Å². The highest BCUT2D eigenvalue weighted by molar-refractivity contribution is 7.99. The molecule has 18 heavy (non-hydrogen) atoms. The van der Waals surface area contributed by atoms with E-state index < -0.39 is 0 Å². The number of benzene rings is 1. The summed E-state index contributed by atoms with van der Waals surface area (Å²) in [6, 6.07) is 7.88. The van der Waals surface area contributed by atoms with Gasteiger partial charge in [-0.15, -0.1) is 0 Å². The van der Waals surface area contributed by atoms with E-state index in [4.69, 9.17) is 10.9 Å². The Morgan fingerprint density at radius 3 is 3.17 bits per heavy atom. The second-order valence-corrected chi connectivity index (χ2v) is 6.15. The van der Waals surface area contributed by atoms with E-state index in [-0.39, 0.29) is 5.84 Å². The Morgan fingerprint density at radius 2 is 2.44 bits per heavy atom. The predicted molar refractivity (Wildman–Crippen MR) is 76.1 cm³/mol. The summed E-state index contributed by atoms with van der Waals surface area (Å²) in [5, 5.41) is 12.4. The molecule has 1 unspecified atom stereocenters. The number of rotatable bonds is 3. The van der Waals surface area contributed by atoms with E-state index in [1.165, 1.54) is 11.3 Å². The summed E-state index contributed by atoms with van der Waals surface area (Å²) in [6.45, 7) is 5.45. The zero-order chi connectivity index (χ0) is 13.0. The van der Waals surface area contributed by atoms with Crippen LogP contribution in [-0.4, -0.2) is 40.0 Å². The van der Waals surface area contributed by atoms with Crippen molar-refractivity contribution in [2.75, 3.05) is 18.8 Å². The van der Waals surface area contributed by atoms with Crippen LogP contribution in [0.3, 0.4) is 0 Å². The van der Waals surface area contributed by atoms with Crippen molar-refractivity contribution in [2.45, 2.75) is 18.7 Å². The molecule has 0 saturated carbocycles. The molecule has 0 radical (unpaired) electrons. The first-order chi connectivity index (χ1) is 8.69. The maximum absolute atomic E-state index is 8.69. The van der Waals surface area contributed by atoms with Gasteiger partial charge in [0.05, 0.1) is 0 Å².